The number of carbonyl (C=O) groups is 1. The largest absolute Gasteiger partial charge is 0.479 e. The first-order valence-corrected chi connectivity index (χ1v) is 15.1. The topological polar surface area (TPSA) is 132 Å². The van der Waals surface area contributed by atoms with Crippen molar-refractivity contribution in [3.05, 3.63) is 95.0 Å². The summed E-state index contributed by atoms with van der Waals surface area (Å²) in [6.07, 6.45) is 0.760. The summed E-state index contributed by atoms with van der Waals surface area (Å²) in [6, 6.07) is 19.8. The number of carbonyl (C=O) groups excluding carboxylic acids is 1. The maximum absolute atomic E-state index is 15.1. The smallest absolute Gasteiger partial charge is 0.347 e. The van der Waals surface area contributed by atoms with Gasteiger partial charge in [-0.2, -0.15) is 10.1 Å². The van der Waals surface area contributed by atoms with Gasteiger partial charge in [0, 0.05) is 6.26 Å². The van der Waals surface area contributed by atoms with Gasteiger partial charge in [0.25, 0.3) is 5.56 Å². The van der Waals surface area contributed by atoms with Crippen LogP contribution in [-0.4, -0.2) is 52.7 Å². The summed E-state index contributed by atoms with van der Waals surface area (Å²) in [4.78, 5) is 30.6. The van der Waals surface area contributed by atoms with Crippen LogP contribution >= 0.6 is 0 Å². The molecule has 0 N–H and O–H groups in total. The van der Waals surface area contributed by atoms with Gasteiger partial charge >= 0.3 is 12.0 Å². The van der Waals surface area contributed by atoms with Crippen LogP contribution in [0, 0.1) is 5.82 Å². The second-order valence-electron chi connectivity index (χ2n) is 9.51. The molecule has 0 saturated carbocycles. The highest BCUT2D eigenvalue weighted by atomic mass is 32.2. The lowest BCUT2D eigenvalue weighted by Crippen LogP contribution is -2.26. The Morgan fingerprint density at radius 3 is 2.28 bits per heavy atom. The lowest BCUT2D eigenvalue weighted by Gasteiger charge is -2.15. The summed E-state index contributed by atoms with van der Waals surface area (Å²) in [5.74, 6) is -0.723. The average molecular weight is 607 g/mol. The summed E-state index contributed by atoms with van der Waals surface area (Å²) < 4.78 is 59.4. The van der Waals surface area contributed by atoms with Gasteiger partial charge in [-0.05, 0) is 61.9 Å². The monoisotopic (exact) mass is 606 g/mol. The number of fused-ring (bicyclic) bond motifs is 1. The number of ether oxygens (including phenoxy) is 3. The highest BCUT2D eigenvalue weighted by Crippen LogP contribution is 2.29. The van der Waals surface area contributed by atoms with Gasteiger partial charge in [0.15, 0.2) is 26.6 Å². The van der Waals surface area contributed by atoms with Crippen molar-refractivity contribution in [3.8, 4) is 28.9 Å². The van der Waals surface area contributed by atoms with E-state index in [1.165, 1.54) is 35.0 Å². The number of sulfone groups is 1. The predicted octanol–water partition coefficient (Wildman–Crippen LogP) is 4.63. The molecule has 0 spiro atoms. The number of halogens is 1. The van der Waals surface area contributed by atoms with Crippen molar-refractivity contribution in [2.24, 2.45) is 0 Å². The Kier molecular flexibility index (Phi) is 8.26. The Morgan fingerprint density at radius 2 is 1.63 bits per heavy atom. The minimum atomic E-state index is -4.01. The quantitative estimate of drug-likeness (QED) is 0.209. The first-order valence-electron chi connectivity index (χ1n) is 13.3. The van der Waals surface area contributed by atoms with Crippen molar-refractivity contribution in [2.75, 3.05) is 12.9 Å². The molecule has 0 aliphatic carbocycles. The van der Waals surface area contributed by atoms with E-state index in [1.807, 2.05) is 6.92 Å². The van der Waals surface area contributed by atoms with Crippen molar-refractivity contribution in [3.63, 3.8) is 0 Å². The molecule has 0 bridgehead atoms. The van der Waals surface area contributed by atoms with Gasteiger partial charge in [-0.1, -0.05) is 37.3 Å². The third-order valence-electron chi connectivity index (χ3n) is 6.21. The lowest BCUT2D eigenvalue weighted by atomic mass is 10.3. The molecule has 0 fully saturated rings. The standard InChI is InChI=1S/C30H27FN4O7S/c1-4-18-40-29(37)19(2)41-21-14-16-22(17-15-21)42-30-32-26-25(28(36)34(30)24-13-9-8-12-23(24)31)27(43(3,38)39)33-35(26)20-10-6-5-7-11-20/h5-17,19H,4,18H2,1-3H3. The van der Waals surface area contributed by atoms with E-state index in [9.17, 15) is 18.0 Å². The molecule has 1 unspecified atom stereocenters. The molecule has 3 aromatic carbocycles. The molecule has 1 atom stereocenters. The second kappa shape index (κ2) is 12.1. The number of nitrogens with zero attached hydrogens (tertiary/aromatic N) is 4. The van der Waals surface area contributed by atoms with Gasteiger partial charge < -0.3 is 14.2 Å². The molecule has 0 saturated heterocycles. The summed E-state index contributed by atoms with van der Waals surface area (Å²) in [5, 5.41) is 3.39. The van der Waals surface area contributed by atoms with Gasteiger partial charge in [0.2, 0.25) is 0 Å². The lowest BCUT2D eigenvalue weighted by molar-refractivity contribution is -0.151. The van der Waals surface area contributed by atoms with Crippen LogP contribution < -0.4 is 15.0 Å². The minimum absolute atomic E-state index is 0.0985. The van der Waals surface area contributed by atoms with Gasteiger partial charge in [-0.25, -0.2) is 26.9 Å². The SMILES string of the molecule is CCCOC(=O)C(C)Oc1ccc(Oc2nc3c(c(S(C)(=O)=O)nn3-c3ccccc3)c(=O)n2-c2ccccc2F)cc1. The average Bonchev–Trinajstić information content (AvgIpc) is 3.39. The van der Waals surface area contributed by atoms with Crippen LogP contribution in [0.3, 0.4) is 0 Å². The van der Waals surface area contributed by atoms with E-state index in [1.54, 1.807) is 49.4 Å². The van der Waals surface area contributed by atoms with Crippen LogP contribution in [-0.2, 0) is 19.4 Å². The normalized spacial score (nSPS) is 12.2. The van der Waals surface area contributed by atoms with Crippen LogP contribution in [0.1, 0.15) is 20.3 Å². The molecule has 0 amide bonds. The number of benzene rings is 3. The Morgan fingerprint density at radius 1 is 0.977 bits per heavy atom. The number of esters is 1. The van der Waals surface area contributed by atoms with Crippen LogP contribution in [0.4, 0.5) is 4.39 Å². The van der Waals surface area contributed by atoms with Crippen molar-refractivity contribution < 1.29 is 31.8 Å². The molecule has 43 heavy (non-hydrogen) atoms. The van der Waals surface area contributed by atoms with Crippen molar-refractivity contribution >= 4 is 26.8 Å². The Labute approximate surface area is 246 Å². The third-order valence-corrected chi connectivity index (χ3v) is 7.20. The molecule has 5 rings (SSSR count). The second-order valence-corrected chi connectivity index (χ2v) is 11.4. The number of para-hydroxylation sites is 2. The first kappa shape index (κ1) is 29.5. The van der Waals surface area contributed by atoms with Crippen molar-refractivity contribution in [1.29, 1.82) is 0 Å². The Bertz CT molecular complexity index is 1960. The summed E-state index contributed by atoms with van der Waals surface area (Å²) >= 11 is 0. The fourth-order valence-corrected chi connectivity index (χ4v) is 4.99. The first-order chi connectivity index (χ1) is 20.6. The maximum Gasteiger partial charge on any atom is 0.347 e. The molecule has 13 heteroatoms. The number of aromatic nitrogens is 4. The minimum Gasteiger partial charge on any atom is -0.479 e. The molecule has 0 aliphatic rings. The maximum atomic E-state index is 15.1. The molecule has 2 heterocycles. The Hall–Kier alpha value is -5.04. The van der Waals surface area contributed by atoms with Crippen LogP contribution in [0.25, 0.3) is 22.4 Å². The number of rotatable bonds is 10. The molecular formula is C30H27FN4O7S. The molecule has 0 radical (unpaired) electrons. The molecule has 2 aromatic heterocycles. The third kappa shape index (κ3) is 6.11. The molecule has 0 aliphatic heterocycles. The zero-order valence-corrected chi connectivity index (χ0v) is 24.2. The van der Waals surface area contributed by atoms with Gasteiger partial charge in [0.05, 0.1) is 18.0 Å². The van der Waals surface area contributed by atoms with Gasteiger partial charge in [-0.3, -0.25) is 4.79 Å². The summed E-state index contributed by atoms with van der Waals surface area (Å²) in [6.45, 7) is 3.74. The molecule has 11 nitrogen and oxygen atoms in total. The van der Waals surface area contributed by atoms with Gasteiger partial charge in [-0.15, -0.1) is 0 Å². The van der Waals surface area contributed by atoms with Crippen molar-refractivity contribution in [1.82, 2.24) is 19.3 Å². The molecule has 222 valence electrons. The molecular weight excluding hydrogens is 579 g/mol. The highest BCUT2D eigenvalue weighted by molar-refractivity contribution is 7.90. The van der Waals surface area contributed by atoms with E-state index in [-0.39, 0.29) is 35.1 Å². The summed E-state index contributed by atoms with van der Waals surface area (Å²) in [7, 11) is -4.01. The van der Waals surface area contributed by atoms with Crippen LogP contribution in [0.2, 0.25) is 0 Å². The van der Waals surface area contributed by atoms with Crippen molar-refractivity contribution in [2.45, 2.75) is 31.4 Å². The molecule has 5 aromatic rings. The van der Waals surface area contributed by atoms with Crippen LogP contribution in [0.15, 0.2) is 88.7 Å². The van der Waals surface area contributed by atoms with E-state index in [0.29, 0.717) is 17.9 Å². The summed E-state index contributed by atoms with van der Waals surface area (Å²) in [5.41, 5.74) is -0.759. The highest BCUT2D eigenvalue weighted by Gasteiger charge is 2.28. The fourth-order valence-electron chi connectivity index (χ4n) is 4.21. The predicted molar refractivity (Wildman–Crippen MR) is 155 cm³/mol. The number of hydrogen-bond acceptors (Lipinski definition) is 9. The number of hydrogen-bond donors (Lipinski definition) is 0. The van der Waals surface area contributed by atoms with E-state index < -0.39 is 38.3 Å². The zero-order valence-electron chi connectivity index (χ0n) is 23.4. The Balaban J connectivity index is 1.64. The van der Waals surface area contributed by atoms with E-state index in [4.69, 9.17) is 14.2 Å². The zero-order chi connectivity index (χ0) is 30.7. The van der Waals surface area contributed by atoms with Crippen LogP contribution in [0.5, 0.6) is 17.5 Å². The van der Waals surface area contributed by atoms with Gasteiger partial charge in [0.1, 0.15) is 22.7 Å². The fraction of sp³-hybridized carbons (Fsp3) is 0.200. The van der Waals surface area contributed by atoms with E-state index in [2.05, 4.69) is 10.1 Å². The van der Waals surface area contributed by atoms with E-state index in [0.717, 1.165) is 16.9 Å². The van der Waals surface area contributed by atoms with E-state index >= 15 is 4.39 Å².